The summed E-state index contributed by atoms with van der Waals surface area (Å²) in [5.41, 5.74) is 0.147. The standard InChI is InChI=1S/C19H22F3N3O2S2/c1-13(17(16-7-4-12-29-16)25-8-10-26-11-9-25)23-18(28)24-14-5-2-3-6-15(14)27-19(20,21)22/h2-7,12-13,17H,8-11H2,1H3,(H2,23,24,28)/t13-,17+/m1/s1. The minimum atomic E-state index is -4.78. The molecule has 0 saturated carbocycles. The van der Waals surface area contributed by atoms with Crippen molar-refractivity contribution >= 4 is 34.4 Å². The lowest BCUT2D eigenvalue weighted by atomic mass is 10.1. The number of benzene rings is 1. The van der Waals surface area contributed by atoms with Crippen LogP contribution in [0.15, 0.2) is 41.8 Å². The van der Waals surface area contributed by atoms with Crippen LogP contribution in [0, 0.1) is 0 Å². The Morgan fingerprint density at radius 1 is 1.21 bits per heavy atom. The lowest BCUT2D eigenvalue weighted by molar-refractivity contribution is -0.274. The molecule has 158 valence electrons. The van der Waals surface area contributed by atoms with Crippen molar-refractivity contribution in [2.75, 3.05) is 31.6 Å². The van der Waals surface area contributed by atoms with E-state index in [2.05, 4.69) is 26.3 Å². The van der Waals surface area contributed by atoms with Crippen molar-refractivity contribution < 1.29 is 22.6 Å². The van der Waals surface area contributed by atoms with Gasteiger partial charge in [-0.15, -0.1) is 24.5 Å². The summed E-state index contributed by atoms with van der Waals surface area (Å²) < 4.78 is 47.4. The van der Waals surface area contributed by atoms with Crippen molar-refractivity contribution in [1.82, 2.24) is 10.2 Å². The number of hydrogen-bond acceptors (Lipinski definition) is 5. The van der Waals surface area contributed by atoms with Crippen molar-refractivity contribution in [3.8, 4) is 5.75 Å². The van der Waals surface area contributed by atoms with Crippen LogP contribution in [-0.2, 0) is 4.74 Å². The predicted octanol–water partition coefficient (Wildman–Crippen LogP) is 4.40. The molecule has 29 heavy (non-hydrogen) atoms. The number of para-hydroxylation sites is 2. The Hall–Kier alpha value is -1.88. The molecule has 2 heterocycles. The number of thiocarbonyl (C=S) groups is 1. The first-order valence-corrected chi connectivity index (χ1v) is 10.4. The number of morpholine rings is 1. The van der Waals surface area contributed by atoms with E-state index < -0.39 is 6.36 Å². The molecule has 0 unspecified atom stereocenters. The monoisotopic (exact) mass is 445 g/mol. The number of hydrogen-bond donors (Lipinski definition) is 2. The molecule has 3 rings (SSSR count). The van der Waals surface area contributed by atoms with E-state index in [1.54, 1.807) is 17.4 Å². The number of ether oxygens (including phenoxy) is 2. The van der Waals surface area contributed by atoms with Gasteiger partial charge in [0.15, 0.2) is 10.9 Å². The highest BCUT2D eigenvalue weighted by atomic mass is 32.1. The molecule has 1 fully saturated rings. The van der Waals surface area contributed by atoms with E-state index in [1.807, 2.05) is 18.4 Å². The smallest absolute Gasteiger partial charge is 0.404 e. The molecule has 0 bridgehead atoms. The highest BCUT2D eigenvalue weighted by Crippen LogP contribution is 2.31. The Balaban J connectivity index is 1.69. The minimum absolute atomic E-state index is 0.0697. The van der Waals surface area contributed by atoms with Crippen LogP contribution in [0.2, 0.25) is 0 Å². The number of nitrogens with one attached hydrogen (secondary N) is 2. The molecular formula is C19H22F3N3O2S2. The van der Waals surface area contributed by atoms with Gasteiger partial charge in [0.1, 0.15) is 0 Å². The summed E-state index contributed by atoms with van der Waals surface area (Å²) in [6.45, 7) is 4.94. The molecule has 5 nitrogen and oxygen atoms in total. The highest BCUT2D eigenvalue weighted by Gasteiger charge is 2.32. The normalized spacial score (nSPS) is 17.4. The van der Waals surface area contributed by atoms with Gasteiger partial charge >= 0.3 is 6.36 Å². The maximum absolute atomic E-state index is 12.6. The fourth-order valence-corrected chi connectivity index (χ4v) is 4.55. The number of alkyl halides is 3. The second-order valence-electron chi connectivity index (χ2n) is 6.54. The van der Waals surface area contributed by atoms with E-state index in [4.69, 9.17) is 17.0 Å². The Morgan fingerprint density at radius 2 is 1.93 bits per heavy atom. The third kappa shape index (κ3) is 6.30. The van der Waals surface area contributed by atoms with Crippen molar-refractivity contribution in [3.05, 3.63) is 46.7 Å². The summed E-state index contributed by atoms with van der Waals surface area (Å²) in [5, 5.41) is 8.29. The molecule has 2 aromatic rings. The summed E-state index contributed by atoms with van der Waals surface area (Å²) in [6, 6.07) is 9.87. The first kappa shape index (κ1) is 21.8. The number of anilines is 1. The second-order valence-corrected chi connectivity index (χ2v) is 7.93. The van der Waals surface area contributed by atoms with Gasteiger partial charge in [-0.2, -0.15) is 0 Å². The fraction of sp³-hybridized carbons (Fsp3) is 0.421. The van der Waals surface area contributed by atoms with Gasteiger partial charge < -0.3 is 20.1 Å². The average Bonchev–Trinajstić information content (AvgIpc) is 3.17. The Bertz CT molecular complexity index is 796. The summed E-state index contributed by atoms with van der Waals surface area (Å²) in [7, 11) is 0. The topological polar surface area (TPSA) is 45.8 Å². The Kier molecular flexibility index (Phi) is 7.33. The first-order chi connectivity index (χ1) is 13.8. The number of thiophene rings is 1. The first-order valence-electron chi connectivity index (χ1n) is 9.11. The van der Waals surface area contributed by atoms with Gasteiger partial charge in [-0.25, -0.2) is 0 Å². The van der Waals surface area contributed by atoms with Crippen LogP contribution >= 0.6 is 23.6 Å². The molecule has 1 aliphatic heterocycles. The van der Waals surface area contributed by atoms with Crippen LogP contribution in [0.5, 0.6) is 5.75 Å². The van der Waals surface area contributed by atoms with Gasteiger partial charge in [-0.05, 0) is 42.7 Å². The van der Waals surface area contributed by atoms with Crippen molar-refractivity contribution in [2.45, 2.75) is 25.4 Å². The zero-order valence-corrected chi connectivity index (χ0v) is 17.4. The fourth-order valence-electron chi connectivity index (χ4n) is 3.29. The summed E-state index contributed by atoms with van der Waals surface area (Å²) in [5.74, 6) is -0.334. The van der Waals surface area contributed by atoms with E-state index in [9.17, 15) is 13.2 Å². The lowest BCUT2D eigenvalue weighted by Gasteiger charge is -2.38. The van der Waals surface area contributed by atoms with Gasteiger partial charge in [0.05, 0.1) is 24.9 Å². The maximum atomic E-state index is 12.6. The summed E-state index contributed by atoms with van der Waals surface area (Å²) in [6.07, 6.45) is -4.78. The number of nitrogens with zero attached hydrogens (tertiary/aromatic N) is 1. The number of halogens is 3. The molecule has 0 amide bonds. The van der Waals surface area contributed by atoms with Crippen LogP contribution in [0.3, 0.4) is 0 Å². The third-order valence-electron chi connectivity index (χ3n) is 4.47. The van der Waals surface area contributed by atoms with Gasteiger partial charge in [-0.3, -0.25) is 4.90 Å². The van der Waals surface area contributed by atoms with Gasteiger partial charge in [0.2, 0.25) is 0 Å². The minimum Gasteiger partial charge on any atom is -0.404 e. The maximum Gasteiger partial charge on any atom is 0.573 e. The quantitative estimate of drug-likeness (QED) is 0.643. The Labute approximate surface area is 176 Å². The van der Waals surface area contributed by atoms with Gasteiger partial charge in [-0.1, -0.05) is 18.2 Å². The average molecular weight is 446 g/mol. The molecule has 0 spiro atoms. The summed E-state index contributed by atoms with van der Waals surface area (Å²) in [4.78, 5) is 3.52. The van der Waals surface area contributed by atoms with Crippen molar-refractivity contribution in [2.24, 2.45) is 0 Å². The molecule has 2 atom stereocenters. The van der Waals surface area contributed by atoms with Gasteiger partial charge in [0, 0.05) is 24.0 Å². The molecule has 10 heteroatoms. The van der Waals surface area contributed by atoms with E-state index in [0.717, 1.165) is 13.1 Å². The molecule has 2 N–H and O–H groups in total. The number of rotatable bonds is 6. The van der Waals surface area contributed by atoms with Crippen molar-refractivity contribution in [3.63, 3.8) is 0 Å². The summed E-state index contributed by atoms with van der Waals surface area (Å²) >= 11 is 7.03. The zero-order chi connectivity index (χ0) is 20.9. The van der Waals surface area contributed by atoms with Crippen LogP contribution in [-0.4, -0.2) is 48.7 Å². The van der Waals surface area contributed by atoms with Crippen LogP contribution < -0.4 is 15.4 Å². The molecule has 1 aromatic heterocycles. The molecule has 0 radical (unpaired) electrons. The van der Waals surface area contributed by atoms with Crippen LogP contribution in [0.25, 0.3) is 0 Å². The van der Waals surface area contributed by atoms with Crippen molar-refractivity contribution in [1.29, 1.82) is 0 Å². The van der Waals surface area contributed by atoms with Crippen LogP contribution in [0.1, 0.15) is 17.8 Å². The molecule has 0 aliphatic carbocycles. The second kappa shape index (κ2) is 9.75. The largest absolute Gasteiger partial charge is 0.573 e. The van der Waals surface area contributed by atoms with E-state index in [1.165, 1.54) is 23.1 Å². The molecule has 1 aliphatic rings. The molecule has 1 aromatic carbocycles. The molecule has 1 saturated heterocycles. The SMILES string of the molecule is C[C@@H](NC(=S)Nc1ccccc1OC(F)(F)F)[C@@H](c1cccs1)N1CCOCC1. The van der Waals surface area contributed by atoms with E-state index in [0.29, 0.717) is 13.2 Å². The lowest BCUT2D eigenvalue weighted by Crippen LogP contribution is -2.49. The molecular weight excluding hydrogens is 423 g/mol. The van der Waals surface area contributed by atoms with Gasteiger partial charge in [0.25, 0.3) is 0 Å². The van der Waals surface area contributed by atoms with Crippen LogP contribution in [0.4, 0.5) is 18.9 Å². The van der Waals surface area contributed by atoms with E-state index >= 15 is 0 Å². The zero-order valence-electron chi connectivity index (χ0n) is 15.7. The third-order valence-corrected chi connectivity index (χ3v) is 5.63. The predicted molar refractivity (Wildman–Crippen MR) is 111 cm³/mol. The highest BCUT2D eigenvalue weighted by molar-refractivity contribution is 7.80. The Morgan fingerprint density at radius 3 is 2.59 bits per heavy atom. The van der Waals surface area contributed by atoms with E-state index in [-0.39, 0.29) is 28.6 Å².